The van der Waals surface area contributed by atoms with E-state index in [4.69, 9.17) is 9.47 Å². The van der Waals surface area contributed by atoms with Crippen LogP contribution in [0.15, 0.2) is 90.9 Å². The maximum Gasteiger partial charge on any atom is 0.122 e. The summed E-state index contributed by atoms with van der Waals surface area (Å²) in [5.74, 6) is 1.56. The summed E-state index contributed by atoms with van der Waals surface area (Å²) < 4.78 is 11.2. The van der Waals surface area contributed by atoms with Crippen molar-refractivity contribution in [1.29, 1.82) is 0 Å². The number of fused-ring (bicyclic) bond motifs is 1. The van der Waals surface area contributed by atoms with Crippen LogP contribution in [0.1, 0.15) is 18.1 Å². The normalized spacial score (nSPS) is 11.4. The molecule has 26 heavy (non-hydrogen) atoms. The van der Waals surface area contributed by atoms with Crippen molar-refractivity contribution in [3.8, 4) is 5.75 Å². The highest BCUT2D eigenvalue weighted by atomic mass is 16.5. The Hall–Kier alpha value is -3.00. The molecule has 0 bridgehead atoms. The van der Waals surface area contributed by atoms with Crippen LogP contribution in [0.3, 0.4) is 0 Å². The lowest BCUT2D eigenvalue weighted by atomic mass is 10.00. The van der Waals surface area contributed by atoms with E-state index in [0.717, 1.165) is 23.3 Å². The minimum absolute atomic E-state index is 0.627. The fraction of sp³-hybridized carbons (Fsp3) is 0.167. The highest BCUT2D eigenvalue weighted by molar-refractivity contribution is 5.85. The van der Waals surface area contributed by atoms with Gasteiger partial charge in [-0.15, -0.1) is 0 Å². The van der Waals surface area contributed by atoms with Crippen molar-refractivity contribution >= 4 is 10.8 Å². The predicted octanol–water partition coefficient (Wildman–Crippen LogP) is 6.07. The molecule has 2 nitrogen and oxygen atoms in total. The summed E-state index contributed by atoms with van der Waals surface area (Å²) in [5, 5.41) is 2.55. The van der Waals surface area contributed by atoms with Gasteiger partial charge in [-0.2, -0.15) is 0 Å². The fourth-order valence-corrected chi connectivity index (χ4v) is 3.08. The number of benzene rings is 3. The van der Waals surface area contributed by atoms with E-state index in [1.807, 2.05) is 24.3 Å². The maximum atomic E-state index is 5.78. The molecule has 0 heterocycles. The average molecular weight is 344 g/mol. The highest BCUT2D eigenvalue weighted by Gasteiger charge is 2.05. The Kier molecular flexibility index (Phi) is 5.75. The molecule has 0 spiro atoms. The van der Waals surface area contributed by atoms with E-state index < -0.39 is 0 Å². The topological polar surface area (TPSA) is 18.5 Å². The molecule has 132 valence electrons. The van der Waals surface area contributed by atoms with Crippen LogP contribution in [0.5, 0.6) is 5.75 Å². The molecule has 0 aromatic heterocycles. The minimum atomic E-state index is 0.627. The molecule has 0 aliphatic heterocycles. The Balaban J connectivity index is 1.65. The second-order valence-electron chi connectivity index (χ2n) is 6.42. The van der Waals surface area contributed by atoms with Gasteiger partial charge in [0, 0.05) is 12.0 Å². The zero-order valence-corrected chi connectivity index (χ0v) is 15.4. The first-order valence-corrected chi connectivity index (χ1v) is 8.76. The van der Waals surface area contributed by atoms with E-state index in [2.05, 4.69) is 56.0 Å². The highest BCUT2D eigenvalue weighted by Crippen LogP contribution is 2.23. The Morgan fingerprint density at radius 1 is 0.885 bits per heavy atom. The van der Waals surface area contributed by atoms with Gasteiger partial charge in [0.15, 0.2) is 0 Å². The molecule has 3 aromatic carbocycles. The Labute approximate surface area is 155 Å². The van der Waals surface area contributed by atoms with E-state index in [-0.39, 0.29) is 0 Å². The van der Waals surface area contributed by atoms with E-state index in [1.165, 1.54) is 16.3 Å². The molecule has 0 unspecified atom stereocenters. The van der Waals surface area contributed by atoms with Gasteiger partial charge < -0.3 is 9.47 Å². The maximum absolute atomic E-state index is 5.78. The minimum Gasteiger partial charge on any atom is -0.496 e. The van der Waals surface area contributed by atoms with Crippen molar-refractivity contribution in [3.05, 3.63) is 102 Å². The van der Waals surface area contributed by atoms with Gasteiger partial charge in [0.1, 0.15) is 11.5 Å². The molecular formula is C24H24O2. The third kappa shape index (κ3) is 4.34. The lowest BCUT2D eigenvalue weighted by Crippen LogP contribution is -1.96. The summed E-state index contributed by atoms with van der Waals surface area (Å²) in [6.45, 7) is 6.11. The summed E-state index contributed by atoms with van der Waals surface area (Å²) in [6.07, 6.45) is 3.28. The summed E-state index contributed by atoms with van der Waals surface area (Å²) in [4.78, 5) is 0. The van der Waals surface area contributed by atoms with Crippen molar-refractivity contribution in [2.45, 2.75) is 19.8 Å². The van der Waals surface area contributed by atoms with Crippen LogP contribution in [0.4, 0.5) is 0 Å². The molecule has 0 aliphatic carbocycles. The molecular weight excluding hydrogens is 320 g/mol. The van der Waals surface area contributed by atoms with Gasteiger partial charge in [-0.1, -0.05) is 67.2 Å². The van der Waals surface area contributed by atoms with Crippen LogP contribution >= 0.6 is 0 Å². The van der Waals surface area contributed by atoms with E-state index in [9.17, 15) is 0 Å². The monoisotopic (exact) mass is 344 g/mol. The first-order valence-electron chi connectivity index (χ1n) is 8.76. The van der Waals surface area contributed by atoms with Crippen LogP contribution in [-0.2, 0) is 17.6 Å². The largest absolute Gasteiger partial charge is 0.496 e. The number of methoxy groups -OCH3 is 1. The molecule has 0 saturated carbocycles. The van der Waals surface area contributed by atoms with Gasteiger partial charge in [-0.25, -0.2) is 0 Å². The van der Waals surface area contributed by atoms with Crippen LogP contribution in [0.25, 0.3) is 10.8 Å². The van der Waals surface area contributed by atoms with Crippen LogP contribution in [-0.4, -0.2) is 7.11 Å². The number of hydrogen-bond acceptors (Lipinski definition) is 2. The number of allylic oxidation sites excluding steroid dienone is 2. The number of rotatable bonds is 7. The molecule has 2 heteroatoms. The molecule has 0 aliphatic rings. The summed E-state index contributed by atoms with van der Waals surface area (Å²) in [7, 11) is 1.68. The van der Waals surface area contributed by atoms with E-state index in [1.54, 1.807) is 13.4 Å². The van der Waals surface area contributed by atoms with Crippen LogP contribution < -0.4 is 4.74 Å². The fourth-order valence-electron chi connectivity index (χ4n) is 3.08. The van der Waals surface area contributed by atoms with E-state index >= 15 is 0 Å². The third-order valence-corrected chi connectivity index (χ3v) is 4.36. The van der Waals surface area contributed by atoms with Gasteiger partial charge in [0.25, 0.3) is 0 Å². The van der Waals surface area contributed by atoms with Crippen molar-refractivity contribution in [1.82, 2.24) is 0 Å². The second-order valence-corrected chi connectivity index (χ2v) is 6.42. The standard InChI is InChI=1S/C24H24O2/c1-18(15-21-12-8-11-20-9-4-6-13-23(20)21)17-26-19(2)16-22-10-5-7-14-24(22)25-3/h4-14,17H,2,15-16H2,1,3H3/b18-17+. The van der Waals surface area contributed by atoms with Gasteiger partial charge in [-0.3, -0.25) is 0 Å². The number of para-hydroxylation sites is 1. The molecule has 0 amide bonds. The zero-order chi connectivity index (χ0) is 18.4. The van der Waals surface area contributed by atoms with Gasteiger partial charge >= 0.3 is 0 Å². The quantitative estimate of drug-likeness (QED) is 0.484. The van der Waals surface area contributed by atoms with Crippen molar-refractivity contribution in [2.75, 3.05) is 7.11 Å². The van der Waals surface area contributed by atoms with Crippen molar-refractivity contribution in [3.63, 3.8) is 0 Å². The zero-order valence-electron chi connectivity index (χ0n) is 15.4. The third-order valence-electron chi connectivity index (χ3n) is 4.36. The van der Waals surface area contributed by atoms with Gasteiger partial charge in [0.2, 0.25) is 0 Å². The van der Waals surface area contributed by atoms with E-state index in [0.29, 0.717) is 12.2 Å². The van der Waals surface area contributed by atoms with Crippen molar-refractivity contribution in [2.24, 2.45) is 0 Å². The number of ether oxygens (including phenoxy) is 2. The molecule has 3 aromatic rings. The Morgan fingerprint density at radius 3 is 2.42 bits per heavy atom. The first kappa shape index (κ1) is 17.8. The lowest BCUT2D eigenvalue weighted by molar-refractivity contribution is 0.335. The van der Waals surface area contributed by atoms with Crippen LogP contribution in [0.2, 0.25) is 0 Å². The second kappa shape index (κ2) is 8.39. The first-order chi connectivity index (χ1) is 12.7. The predicted molar refractivity (Wildman–Crippen MR) is 108 cm³/mol. The SMILES string of the molecule is C=C(Cc1ccccc1OC)O/C=C(\C)Cc1cccc2ccccc12. The molecule has 0 fully saturated rings. The average Bonchev–Trinajstić information content (AvgIpc) is 2.67. The molecule has 0 saturated heterocycles. The Bertz CT molecular complexity index is 932. The lowest BCUT2D eigenvalue weighted by Gasteiger charge is -2.11. The van der Waals surface area contributed by atoms with Gasteiger partial charge in [-0.05, 0) is 41.3 Å². The van der Waals surface area contributed by atoms with Crippen LogP contribution in [0, 0.1) is 0 Å². The molecule has 0 radical (unpaired) electrons. The van der Waals surface area contributed by atoms with Gasteiger partial charge in [0.05, 0.1) is 13.4 Å². The molecule has 0 N–H and O–H groups in total. The molecule has 3 rings (SSSR count). The Morgan fingerprint density at radius 2 is 1.58 bits per heavy atom. The summed E-state index contributed by atoms with van der Waals surface area (Å²) >= 11 is 0. The summed E-state index contributed by atoms with van der Waals surface area (Å²) in [5.41, 5.74) is 3.53. The summed E-state index contributed by atoms with van der Waals surface area (Å²) in [6, 6.07) is 22.8. The molecule has 0 atom stereocenters. The van der Waals surface area contributed by atoms with Crippen molar-refractivity contribution < 1.29 is 9.47 Å². The smallest absolute Gasteiger partial charge is 0.122 e. The number of hydrogen-bond donors (Lipinski definition) is 0.